The third-order valence-corrected chi connectivity index (χ3v) is 6.78. The zero-order chi connectivity index (χ0) is 14.3. The predicted octanol–water partition coefficient (Wildman–Crippen LogP) is 0.496. The lowest BCUT2D eigenvalue weighted by atomic mass is 9.45. The Bertz CT molecular complexity index is 540. The number of rotatable bonds is 0. The average Bonchev–Trinajstić information content (AvgIpc) is 3.03. The molecule has 2 radical (unpaired) electrons. The number of aliphatic hydroxyl groups excluding tert-OH is 1. The third kappa shape index (κ3) is 1.63. The summed E-state index contributed by atoms with van der Waals surface area (Å²) in [4.78, 5) is 19.7. The summed E-state index contributed by atoms with van der Waals surface area (Å²) in [6.07, 6.45) is 4.89. The normalized spacial score (nSPS) is 50.8. The van der Waals surface area contributed by atoms with Crippen molar-refractivity contribution >= 4 is 26.1 Å². The van der Waals surface area contributed by atoms with Gasteiger partial charge < -0.3 is 10.0 Å². The molecule has 0 bridgehead atoms. The van der Waals surface area contributed by atoms with Gasteiger partial charge in [0.2, 0.25) is 5.91 Å². The van der Waals surface area contributed by atoms with E-state index in [4.69, 9.17) is 12.7 Å². The molecule has 5 unspecified atom stereocenters. The van der Waals surface area contributed by atoms with Crippen molar-refractivity contribution in [2.24, 2.45) is 28.7 Å². The molecule has 0 aromatic carbocycles. The van der Waals surface area contributed by atoms with Crippen LogP contribution in [0.1, 0.15) is 32.1 Å². The number of amidine groups is 1. The predicted molar refractivity (Wildman–Crippen MR) is 81.2 cm³/mol. The second-order valence-electron chi connectivity index (χ2n) is 7.77. The van der Waals surface area contributed by atoms with Gasteiger partial charge in [0, 0.05) is 26.1 Å². The van der Waals surface area contributed by atoms with Crippen LogP contribution in [0.15, 0.2) is 4.99 Å². The second kappa shape index (κ2) is 4.15. The molecule has 2 saturated carbocycles. The molecule has 4 nitrogen and oxygen atoms in total. The van der Waals surface area contributed by atoms with E-state index in [0.717, 1.165) is 38.1 Å². The maximum Gasteiger partial charge on any atom is 0.232 e. The van der Waals surface area contributed by atoms with E-state index in [0.29, 0.717) is 23.6 Å². The Morgan fingerprint density at radius 1 is 1.29 bits per heavy atom. The smallest absolute Gasteiger partial charge is 0.232 e. The average molecular weight is 282 g/mol. The van der Waals surface area contributed by atoms with Crippen LogP contribution >= 0.6 is 0 Å². The number of carbonyl (C=O) groups excluding carboxylic acids is 1. The SMILES string of the molecule is [B]B1[C@H]2CN3C(=O)C4C(CCC5CCC(O)CC54)C3=N[C@@H]12. The van der Waals surface area contributed by atoms with Crippen LogP contribution in [0.3, 0.4) is 0 Å². The molecule has 5 rings (SSSR count). The van der Waals surface area contributed by atoms with Crippen LogP contribution in [0.25, 0.3) is 0 Å². The lowest BCUT2D eigenvalue weighted by Crippen LogP contribution is -2.41. The molecule has 5 aliphatic rings. The van der Waals surface area contributed by atoms with Gasteiger partial charge in [-0.05, 0) is 49.8 Å². The maximum absolute atomic E-state index is 12.9. The first kappa shape index (κ1) is 12.7. The number of fused-ring (bicyclic) bond motifs is 6. The molecule has 6 heteroatoms. The van der Waals surface area contributed by atoms with Gasteiger partial charge in [0.25, 0.3) is 0 Å². The fourth-order valence-corrected chi connectivity index (χ4v) is 5.56. The maximum atomic E-state index is 12.9. The number of hydrogen-bond acceptors (Lipinski definition) is 3. The molecular weight excluding hydrogens is 262 g/mol. The van der Waals surface area contributed by atoms with Crippen molar-refractivity contribution in [1.29, 1.82) is 0 Å². The molecule has 108 valence electrons. The van der Waals surface area contributed by atoms with Crippen LogP contribution in [0, 0.1) is 23.7 Å². The number of nitrogens with zero attached hydrogens (tertiary/aromatic N) is 2. The molecular formula is C15H20B2N2O2. The minimum Gasteiger partial charge on any atom is -0.393 e. The molecule has 2 aliphatic carbocycles. The Morgan fingerprint density at radius 3 is 2.95 bits per heavy atom. The molecule has 0 aromatic rings. The second-order valence-corrected chi connectivity index (χ2v) is 7.77. The summed E-state index contributed by atoms with van der Waals surface area (Å²) in [6.45, 7) is 0.957. The lowest BCUT2D eigenvalue weighted by Gasteiger charge is -2.42. The van der Waals surface area contributed by atoms with Gasteiger partial charge in [0.15, 0.2) is 0 Å². The molecule has 21 heavy (non-hydrogen) atoms. The lowest BCUT2D eigenvalue weighted by molar-refractivity contribution is -0.135. The topological polar surface area (TPSA) is 52.9 Å². The third-order valence-electron chi connectivity index (χ3n) is 6.78. The fourth-order valence-electron chi connectivity index (χ4n) is 5.56. The molecule has 0 aromatic heterocycles. The van der Waals surface area contributed by atoms with Gasteiger partial charge in [-0.15, -0.1) is 0 Å². The summed E-state index contributed by atoms with van der Waals surface area (Å²) in [5.41, 5.74) is 0. The van der Waals surface area contributed by atoms with Crippen molar-refractivity contribution in [1.82, 2.24) is 4.90 Å². The Kier molecular flexibility index (Phi) is 2.52. The van der Waals surface area contributed by atoms with Gasteiger partial charge in [-0.2, -0.15) is 0 Å². The Balaban J connectivity index is 1.49. The van der Waals surface area contributed by atoms with E-state index in [9.17, 15) is 9.90 Å². The van der Waals surface area contributed by atoms with E-state index in [-0.39, 0.29) is 30.5 Å². The monoisotopic (exact) mass is 282 g/mol. The molecule has 1 amide bonds. The number of hydrogen-bond donors (Lipinski definition) is 1. The van der Waals surface area contributed by atoms with Gasteiger partial charge >= 0.3 is 0 Å². The molecule has 0 spiro atoms. The van der Waals surface area contributed by atoms with Crippen LogP contribution in [-0.2, 0) is 4.79 Å². The zero-order valence-corrected chi connectivity index (χ0v) is 12.2. The summed E-state index contributed by atoms with van der Waals surface area (Å²) < 4.78 is 0. The highest BCUT2D eigenvalue weighted by molar-refractivity contribution is 7.12. The summed E-state index contributed by atoms with van der Waals surface area (Å²) >= 11 is 0. The van der Waals surface area contributed by atoms with E-state index >= 15 is 0 Å². The van der Waals surface area contributed by atoms with Crippen molar-refractivity contribution in [3.63, 3.8) is 0 Å². The largest absolute Gasteiger partial charge is 0.393 e. The summed E-state index contributed by atoms with van der Waals surface area (Å²) in [5.74, 6) is 3.39. The minimum atomic E-state index is -0.209. The van der Waals surface area contributed by atoms with Gasteiger partial charge in [-0.1, -0.05) is 0 Å². The molecule has 7 atom stereocenters. The van der Waals surface area contributed by atoms with E-state index in [1.165, 1.54) is 6.42 Å². The van der Waals surface area contributed by atoms with Crippen LogP contribution < -0.4 is 0 Å². The highest BCUT2D eigenvalue weighted by Gasteiger charge is 2.60. The zero-order valence-electron chi connectivity index (χ0n) is 12.2. The van der Waals surface area contributed by atoms with Gasteiger partial charge in [0.05, 0.1) is 12.0 Å². The quantitative estimate of drug-likeness (QED) is 0.658. The van der Waals surface area contributed by atoms with Crippen LogP contribution in [0.2, 0.25) is 5.82 Å². The summed E-state index contributed by atoms with van der Waals surface area (Å²) in [6, 6.07) is 0. The molecule has 3 heterocycles. The summed E-state index contributed by atoms with van der Waals surface area (Å²) in [7, 11) is 6.03. The molecule has 3 aliphatic heterocycles. The fraction of sp³-hybridized carbons (Fsp3) is 0.867. The first-order chi connectivity index (χ1) is 10.1. The van der Waals surface area contributed by atoms with Crippen LogP contribution in [-0.4, -0.2) is 54.7 Å². The highest BCUT2D eigenvalue weighted by Crippen LogP contribution is 2.53. The van der Waals surface area contributed by atoms with Crippen LogP contribution in [0.4, 0.5) is 0 Å². The minimum absolute atomic E-state index is 0.0891. The van der Waals surface area contributed by atoms with E-state index in [1.54, 1.807) is 0 Å². The van der Waals surface area contributed by atoms with Crippen molar-refractivity contribution in [3.8, 4) is 0 Å². The van der Waals surface area contributed by atoms with Crippen molar-refractivity contribution < 1.29 is 9.90 Å². The van der Waals surface area contributed by atoms with Gasteiger partial charge in [-0.25, -0.2) is 0 Å². The standard InChI is InChI=1S/C15H20B2N2O2/c16-17-11-6-19-14(18-13(11)17)9-4-2-7-1-3-8(20)5-10(7)12(9)15(19)21/h7-13,20H,1-6H2/t7?,8?,9?,10?,11-,12?,13+/m0/s1. The van der Waals surface area contributed by atoms with Crippen molar-refractivity contribution in [2.75, 3.05) is 6.54 Å². The van der Waals surface area contributed by atoms with Gasteiger partial charge in [0.1, 0.15) is 12.4 Å². The van der Waals surface area contributed by atoms with E-state index in [1.807, 2.05) is 4.90 Å². The molecule has 4 fully saturated rings. The van der Waals surface area contributed by atoms with E-state index in [2.05, 4.69) is 0 Å². The Hall–Kier alpha value is -0.770. The van der Waals surface area contributed by atoms with Crippen LogP contribution in [0.5, 0.6) is 0 Å². The highest BCUT2D eigenvalue weighted by atomic mass is 16.3. The number of amides is 1. The molecule has 2 saturated heterocycles. The number of aliphatic imine (C=N–C) groups is 1. The number of carbonyl (C=O) groups is 1. The van der Waals surface area contributed by atoms with Crippen molar-refractivity contribution in [3.05, 3.63) is 0 Å². The van der Waals surface area contributed by atoms with E-state index < -0.39 is 0 Å². The van der Waals surface area contributed by atoms with Crippen molar-refractivity contribution in [2.45, 2.75) is 50.0 Å². The molecule has 1 N–H and O–H groups in total. The van der Waals surface area contributed by atoms with Gasteiger partial charge in [-0.3, -0.25) is 9.79 Å². The first-order valence-electron chi connectivity index (χ1n) is 8.48. The first-order valence-corrected chi connectivity index (χ1v) is 8.48. The Labute approximate surface area is 126 Å². The Morgan fingerprint density at radius 2 is 2.10 bits per heavy atom. The summed E-state index contributed by atoms with van der Waals surface area (Å²) in [5, 5.41) is 10.0. The number of aliphatic hydroxyl groups is 1.